The maximum absolute atomic E-state index is 13.2. The largest absolute Gasteiger partial charge is 0.494 e. The zero-order chi connectivity index (χ0) is 21.0. The van der Waals surface area contributed by atoms with Gasteiger partial charge in [0.2, 0.25) is 0 Å². The fourth-order valence-electron chi connectivity index (χ4n) is 2.85. The number of ether oxygens (including phenoxy) is 1. The van der Waals surface area contributed by atoms with Crippen molar-refractivity contribution in [1.82, 2.24) is 9.88 Å². The lowest BCUT2D eigenvalue weighted by Crippen LogP contribution is -2.36. The molecule has 8 heteroatoms. The molecule has 3 aromatic rings. The van der Waals surface area contributed by atoms with Crippen molar-refractivity contribution in [2.45, 2.75) is 13.8 Å². The van der Waals surface area contributed by atoms with Crippen LogP contribution in [0.5, 0.6) is 5.75 Å². The molecular formula is C22H26ClN3O3S. The first kappa shape index (κ1) is 23.8. The average molecular weight is 448 g/mol. The molecule has 0 N–H and O–H groups in total. The van der Waals surface area contributed by atoms with E-state index in [0.717, 1.165) is 16.0 Å². The number of benzene rings is 2. The van der Waals surface area contributed by atoms with Crippen LogP contribution in [-0.4, -0.2) is 55.4 Å². The molecule has 0 aliphatic rings. The molecule has 0 saturated carbocycles. The van der Waals surface area contributed by atoms with Crippen molar-refractivity contribution in [2.75, 3.05) is 38.7 Å². The molecule has 2 aromatic carbocycles. The average Bonchev–Trinajstić information content (AvgIpc) is 3.11. The number of carbonyl (C=O) groups excluding carboxylic acids is 2. The summed E-state index contributed by atoms with van der Waals surface area (Å²) >= 11 is 1.47. The number of ketones is 1. The summed E-state index contributed by atoms with van der Waals surface area (Å²) in [5.74, 6) is 0.636. The van der Waals surface area contributed by atoms with Crippen molar-refractivity contribution >= 4 is 50.8 Å². The number of anilines is 1. The van der Waals surface area contributed by atoms with Crippen LogP contribution in [0, 0.1) is 0 Å². The molecule has 0 radical (unpaired) electrons. The van der Waals surface area contributed by atoms with Gasteiger partial charge in [-0.25, -0.2) is 4.98 Å². The Morgan fingerprint density at radius 1 is 1.03 bits per heavy atom. The van der Waals surface area contributed by atoms with Crippen LogP contribution in [0.15, 0.2) is 42.5 Å². The predicted octanol–water partition coefficient (Wildman–Crippen LogP) is 4.53. The Morgan fingerprint density at radius 3 is 2.30 bits per heavy atom. The molecule has 1 amide bonds. The molecule has 0 aliphatic heterocycles. The second-order valence-electron chi connectivity index (χ2n) is 6.95. The van der Waals surface area contributed by atoms with Crippen LogP contribution in [0.1, 0.15) is 34.6 Å². The van der Waals surface area contributed by atoms with Gasteiger partial charge >= 0.3 is 0 Å². The Labute approximate surface area is 186 Å². The van der Waals surface area contributed by atoms with E-state index in [9.17, 15) is 9.59 Å². The van der Waals surface area contributed by atoms with Gasteiger partial charge in [-0.2, -0.15) is 0 Å². The SMILES string of the molecule is CCOc1ccc2nc(N(CCN(C)C)C(=O)c3ccc(C(C)=O)cc3)sc2c1.Cl. The van der Waals surface area contributed by atoms with Gasteiger partial charge < -0.3 is 9.64 Å². The van der Waals surface area contributed by atoms with E-state index in [0.29, 0.717) is 36.0 Å². The highest BCUT2D eigenvalue weighted by Crippen LogP contribution is 2.32. The Morgan fingerprint density at radius 2 is 1.70 bits per heavy atom. The summed E-state index contributed by atoms with van der Waals surface area (Å²) in [7, 11) is 3.94. The number of amides is 1. The minimum Gasteiger partial charge on any atom is -0.494 e. The normalized spacial score (nSPS) is 10.7. The third kappa shape index (κ3) is 5.56. The van der Waals surface area contributed by atoms with Crippen molar-refractivity contribution < 1.29 is 14.3 Å². The van der Waals surface area contributed by atoms with E-state index in [-0.39, 0.29) is 24.1 Å². The molecular weight excluding hydrogens is 422 g/mol. The number of hydrogen-bond acceptors (Lipinski definition) is 6. The highest BCUT2D eigenvalue weighted by Gasteiger charge is 2.22. The number of fused-ring (bicyclic) bond motifs is 1. The number of halogens is 1. The second-order valence-corrected chi connectivity index (χ2v) is 7.96. The lowest BCUT2D eigenvalue weighted by Gasteiger charge is -2.22. The van der Waals surface area contributed by atoms with Gasteiger partial charge in [0.25, 0.3) is 5.91 Å². The van der Waals surface area contributed by atoms with Gasteiger partial charge in [0, 0.05) is 24.2 Å². The molecule has 0 aliphatic carbocycles. The molecule has 30 heavy (non-hydrogen) atoms. The van der Waals surface area contributed by atoms with Gasteiger partial charge in [0.05, 0.1) is 16.8 Å². The summed E-state index contributed by atoms with van der Waals surface area (Å²) < 4.78 is 6.55. The van der Waals surface area contributed by atoms with E-state index in [4.69, 9.17) is 4.74 Å². The number of aromatic nitrogens is 1. The van der Waals surface area contributed by atoms with Gasteiger partial charge in [-0.3, -0.25) is 14.5 Å². The quantitative estimate of drug-likeness (QED) is 0.475. The minimum absolute atomic E-state index is 0. The Bertz CT molecular complexity index is 1020. The third-order valence-electron chi connectivity index (χ3n) is 4.44. The van der Waals surface area contributed by atoms with E-state index < -0.39 is 0 Å². The first-order valence-corrected chi connectivity index (χ1v) is 10.3. The topological polar surface area (TPSA) is 62.7 Å². The van der Waals surface area contributed by atoms with Crippen molar-refractivity contribution in [1.29, 1.82) is 0 Å². The van der Waals surface area contributed by atoms with Gasteiger partial charge in [0.1, 0.15) is 5.75 Å². The van der Waals surface area contributed by atoms with Crippen LogP contribution < -0.4 is 9.64 Å². The molecule has 1 heterocycles. The van der Waals surface area contributed by atoms with Crippen LogP contribution in [0.25, 0.3) is 10.2 Å². The number of Topliss-reactive ketones (excluding diaryl/α,β-unsaturated/α-hetero) is 1. The summed E-state index contributed by atoms with van der Waals surface area (Å²) in [5.41, 5.74) is 1.95. The maximum Gasteiger partial charge on any atom is 0.260 e. The first-order valence-electron chi connectivity index (χ1n) is 9.50. The Hall–Kier alpha value is -2.48. The molecule has 1 aromatic heterocycles. The van der Waals surface area contributed by atoms with Gasteiger partial charge in [-0.1, -0.05) is 23.5 Å². The van der Waals surface area contributed by atoms with E-state index in [1.807, 2.05) is 44.1 Å². The lowest BCUT2D eigenvalue weighted by molar-refractivity contribution is 0.0981. The molecule has 3 rings (SSSR count). The van der Waals surface area contributed by atoms with Crippen LogP contribution in [-0.2, 0) is 0 Å². The lowest BCUT2D eigenvalue weighted by atomic mass is 10.1. The molecule has 0 fully saturated rings. The fraction of sp³-hybridized carbons (Fsp3) is 0.318. The number of rotatable bonds is 8. The summed E-state index contributed by atoms with van der Waals surface area (Å²) in [6, 6.07) is 12.5. The van der Waals surface area contributed by atoms with Crippen LogP contribution >= 0.6 is 23.7 Å². The number of likely N-dealkylation sites (N-methyl/N-ethyl adjacent to an activating group) is 1. The summed E-state index contributed by atoms with van der Waals surface area (Å²) in [5, 5.41) is 0.649. The van der Waals surface area contributed by atoms with Crippen molar-refractivity contribution in [3.05, 3.63) is 53.6 Å². The van der Waals surface area contributed by atoms with Gasteiger partial charge in [-0.15, -0.1) is 12.4 Å². The van der Waals surface area contributed by atoms with Crippen molar-refractivity contribution in [2.24, 2.45) is 0 Å². The smallest absolute Gasteiger partial charge is 0.260 e. The third-order valence-corrected chi connectivity index (χ3v) is 5.49. The monoisotopic (exact) mass is 447 g/mol. The van der Waals surface area contributed by atoms with E-state index >= 15 is 0 Å². The standard InChI is InChI=1S/C22H25N3O3S.ClH/c1-5-28-18-10-11-19-20(14-18)29-22(23-19)25(13-12-24(3)4)21(27)17-8-6-16(7-9-17)15(2)26;/h6-11,14H,5,12-13H2,1-4H3;1H. The summed E-state index contributed by atoms with van der Waals surface area (Å²) in [6.45, 7) is 5.27. The van der Waals surface area contributed by atoms with E-state index in [2.05, 4.69) is 4.98 Å². The van der Waals surface area contributed by atoms with Gasteiger partial charge in [0.15, 0.2) is 10.9 Å². The fourth-order valence-corrected chi connectivity index (χ4v) is 3.87. The summed E-state index contributed by atoms with van der Waals surface area (Å²) in [6.07, 6.45) is 0. The van der Waals surface area contributed by atoms with E-state index in [1.165, 1.54) is 18.3 Å². The molecule has 0 unspecified atom stereocenters. The number of thiazole rings is 1. The summed E-state index contributed by atoms with van der Waals surface area (Å²) in [4.78, 5) is 33.2. The maximum atomic E-state index is 13.2. The van der Waals surface area contributed by atoms with Crippen LogP contribution in [0.3, 0.4) is 0 Å². The number of carbonyl (C=O) groups is 2. The zero-order valence-electron chi connectivity index (χ0n) is 17.5. The van der Waals surface area contributed by atoms with Gasteiger partial charge in [-0.05, 0) is 58.3 Å². The Balaban J connectivity index is 0.00000320. The van der Waals surface area contributed by atoms with Crippen LogP contribution in [0.2, 0.25) is 0 Å². The highest BCUT2D eigenvalue weighted by atomic mass is 35.5. The first-order chi connectivity index (χ1) is 13.9. The molecule has 160 valence electrons. The number of hydrogen-bond donors (Lipinski definition) is 0. The molecule has 0 bridgehead atoms. The minimum atomic E-state index is -0.133. The number of nitrogens with zero attached hydrogens (tertiary/aromatic N) is 3. The van der Waals surface area contributed by atoms with Crippen molar-refractivity contribution in [3.8, 4) is 5.75 Å². The molecule has 6 nitrogen and oxygen atoms in total. The van der Waals surface area contributed by atoms with Crippen LogP contribution in [0.4, 0.5) is 5.13 Å². The van der Waals surface area contributed by atoms with E-state index in [1.54, 1.807) is 29.2 Å². The molecule has 0 saturated heterocycles. The highest BCUT2D eigenvalue weighted by molar-refractivity contribution is 7.22. The zero-order valence-corrected chi connectivity index (χ0v) is 19.2. The van der Waals surface area contributed by atoms with Crippen molar-refractivity contribution in [3.63, 3.8) is 0 Å². The second kappa shape index (κ2) is 10.5. The molecule has 0 atom stereocenters. The molecule has 0 spiro atoms. The Kier molecular flexibility index (Phi) is 8.34. The predicted molar refractivity (Wildman–Crippen MR) is 125 cm³/mol.